The second-order valence-electron chi connectivity index (χ2n) is 4.74. The van der Waals surface area contributed by atoms with Crippen LogP contribution in [0.2, 0.25) is 8.87 Å². The molecule has 0 unspecified atom stereocenters. The summed E-state index contributed by atoms with van der Waals surface area (Å²) in [5.74, 6) is 2.12. The predicted molar refractivity (Wildman–Crippen MR) is 92.4 cm³/mol. The molecule has 0 saturated heterocycles. The van der Waals surface area contributed by atoms with Crippen LogP contribution in [-0.4, -0.2) is 39.7 Å². The van der Waals surface area contributed by atoms with Crippen molar-refractivity contribution in [2.45, 2.75) is 62.3 Å². The maximum absolute atomic E-state index is 10.8. The van der Waals surface area contributed by atoms with Crippen LogP contribution in [0.15, 0.2) is 0 Å². The second-order valence-corrected chi connectivity index (χ2v) is 31.5. The Balaban J connectivity index is 4.35. The summed E-state index contributed by atoms with van der Waals surface area (Å²) in [6, 6.07) is 0. The normalized spacial score (nSPS) is 11.6. The van der Waals surface area contributed by atoms with Crippen LogP contribution in [-0.2, 0) is 9.53 Å². The van der Waals surface area contributed by atoms with Gasteiger partial charge in [-0.15, -0.1) is 0 Å². The number of hydrogen-bond donors (Lipinski definition) is 0. The van der Waals surface area contributed by atoms with Crippen LogP contribution in [0, 0.1) is 0 Å². The third kappa shape index (κ3) is 10.4. The zero-order chi connectivity index (χ0) is 14.6. The fourth-order valence-corrected chi connectivity index (χ4v) is 33.2. The number of rotatable bonds is 12. The Kier molecular flexibility index (Phi) is 13.3. The summed E-state index contributed by atoms with van der Waals surface area (Å²) in [6.07, 6.45) is 5.37. The average Bonchev–Trinajstić information content (AvgIpc) is 2.39. The molecule has 0 fully saturated rings. The predicted octanol–water partition coefficient (Wildman–Crippen LogP) is 5.08. The Bertz CT molecular complexity index is 229. The van der Waals surface area contributed by atoms with Crippen LogP contribution >= 0.6 is 17.9 Å². The molecule has 0 aromatic heterocycles. The number of unbranched alkanes of at least 4 members (excludes halogenated alkanes) is 2. The van der Waals surface area contributed by atoms with E-state index in [-0.39, 0.29) is 5.97 Å². The molecule has 0 atom stereocenters. The summed E-state index contributed by atoms with van der Waals surface area (Å²) in [7, 11) is 4.51. The topological polar surface area (TPSA) is 26.3 Å². The summed E-state index contributed by atoms with van der Waals surface area (Å²) in [4.78, 5) is 10.8. The van der Waals surface area contributed by atoms with E-state index in [0.717, 1.165) is 5.75 Å². The molecule has 5 heteroatoms. The third-order valence-corrected chi connectivity index (χ3v) is 34.5. The van der Waals surface area contributed by atoms with Crippen LogP contribution in [0.3, 0.4) is 0 Å². The monoisotopic (exact) mass is 414 g/mol. The van der Waals surface area contributed by atoms with Gasteiger partial charge in [0.2, 0.25) is 0 Å². The van der Waals surface area contributed by atoms with Gasteiger partial charge in [0.15, 0.2) is 0 Å². The first-order valence-corrected chi connectivity index (χ1v) is 20.5. The molecule has 2 nitrogen and oxygen atoms in total. The summed E-state index contributed by atoms with van der Waals surface area (Å²) < 4.78 is 8.05. The van der Waals surface area contributed by atoms with E-state index < -0.39 is 15.6 Å². The number of hydrogen-bond acceptors (Lipinski definition) is 4. The van der Waals surface area contributed by atoms with E-state index in [1.807, 2.05) is 0 Å². The minimum absolute atomic E-state index is 0.147. The molecule has 0 aromatic rings. The van der Waals surface area contributed by atoms with Crippen LogP contribution in [0.4, 0.5) is 0 Å². The Morgan fingerprint density at radius 1 is 1.05 bits per heavy atom. The molecule has 0 aliphatic heterocycles. The van der Waals surface area contributed by atoms with Crippen molar-refractivity contribution < 1.29 is 9.53 Å². The van der Waals surface area contributed by atoms with Gasteiger partial charge in [0.05, 0.1) is 0 Å². The van der Waals surface area contributed by atoms with Crippen molar-refractivity contribution in [3.05, 3.63) is 0 Å². The molecular formula is C14H30O2S2Sn. The Hall–Kier alpha value is 0.969. The Labute approximate surface area is 129 Å². The zero-order valence-corrected chi connectivity index (χ0v) is 17.5. The average molecular weight is 413 g/mol. The summed E-state index contributed by atoms with van der Waals surface area (Å²) in [5.41, 5.74) is 0. The van der Waals surface area contributed by atoms with E-state index in [1.165, 1.54) is 47.2 Å². The molecule has 0 saturated carbocycles. The molecule has 0 N–H and O–H groups in total. The van der Waals surface area contributed by atoms with Gasteiger partial charge in [-0.1, -0.05) is 0 Å². The quantitative estimate of drug-likeness (QED) is 0.253. The van der Waals surface area contributed by atoms with Crippen molar-refractivity contribution in [1.29, 1.82) is 0 Å². The van der Waals surface area contributed by atoms with E-state index in [0.29, 0.717) is 6.61 Å². The standard InChI is InChI=1S/C4H8O2S.2C4H9.C2H6S.Sn/c1-4(5)6-2-3-7;2*1-3-4-2;1-2-3;/h7H,2-3H2,1H3;2*1,3-4H2,2H3;3H,2H2,1H3;/q;;;;+2/p-2. The molecule has 0 bridgehead atoms. The fraction of sp³-hybridized carbons (Fsp3) is 0.929. The van der Waals surface area contributed by atoms with Gasteiger partial charge in [-0.2, -0.15) is 0 Å². The molecule has 19 heavy (non-hydrogen) atoms. The van der Waals surface area contributed by atoms with Crippen molar-refractivity contribution in [1.82, 2.24) is 0 Å². The van der Waals surface area contributed by atoms with E-state index in [2.05, 4.69) is 38.7 Å². The molecule has 0 aromatic carbocycles. The number of carbonyl (C=O) groups excluding carboxylic acids is 1. The number of esters is 1. The van der Waals surface area contributed by atoms with Crippen molar-refractivity contribution in [3.8, 4) is 0 Å². The van der Waals surface area contributed by atoms with Gasteiger partial charge in [-0.3, -0.25) is 0 Å². The van der Waals surface area contributed by atoms with Crippen LogP contribution in [0.1, 0.15) is 53.4 Å². The third-order valence-electron chi connectivity index (χ3n) is 2.98. The maximum atomic E-state index is 10.8. The van der Waals surface area contributed by atoms with Gasteiger partial charge in [0.1, 0.15) is 0 Å². The molecule has 0 spiro atoms. The summed E-state index contributed by atoms with van der Waals surface area (Å²) in [6.45, 7) is 8.96. The molecule has 0 amide bonds. The van der Waals surface area contributed by atoms with Crippen LogP contribution in [0.5, 0.6) is 0 Å². The summed E-state index contributed by atoms with van der Waals surface area (Å²) in [5, 5.41) is 0. The molecule has 114 valence electrons. The van der Waals surface area contributed by atoms with Crippen molar-refractivity contribution in [2.75, 3.05) is 18.1 Å². The van der Waals surface area contributed by atoms with Gasteiger partial charge in [0.25, 0.3) is 0 Å². The van der Waals surface area contributed by atoms with Crippen molar-refractivity contribution in [3.63, 3.8) is 0 Å². The molecule has 0 aliphatic carbocycles. The van der Waals surface area contributed by atoms with Crippen molar-refractivity contribution in [2.24, 2.45) is 0 Å². The van der Waals surface area contributed by atoms with Gasteiger partial charge in [-0.05, 0) is 0 Å². The number of ether oxygens (including phenoxy) is 1. The Morgan fingerprint density at radius 3 is 2.05 bits per heavy atom. The minimum atomic E-state index is -2.09. The molecule has 0 aliphatic rings. The second kappa shape index (κ2) is 12.7. The summed E-state index contributed by atoms with van der Waals surface area (Å²) >= 11 is -2.09. The molecule has 0 heterocycles. The van der Waals surface area contributed by atoms with Gasteiger partial charge < -0.3 is 0 Å². The first-order valence-electron chi connectivity index (χ1n) is 7.51. The molecule has 0 rings (SSSR count). The zero-order valence-electron chi connectivity index (χ0n) is 13.0. The van der Waals surface area contributed by atoms with E-state index in [1.54, 1.807) is 0 Å². The SMILES string of the molecule is CCC[CH2][Sn]([CH2]CCC)([S]CC)[S]CCOC(C)=O. The first kappa shape index (κ1) is 20.0. The Morgan fingerprint density at radius 2 is 1.63 bits per heavy atom. The van der Waals surface area contributed by atoms with Gasteiger partial charge in [0, 0.05) is 0 Å². The van der Waals surface area contributed by atoms with Crippen LogP contribution < -0.4 is 0 Å². The fourth-order valence-electron chi connectivity index (χ4n) is 2.02. The van der Waals surface area contributed by atoms with Crippen LogP contribution in [0.25, 0.3) is 0 Å². The van der Waals surface area contributed by atoms with Crippen molar-refractivity contribution >= 4 is 39.5 Å². The first-order chi connectivity index (χ1) is 9.10. The van der Waals surface area contributed by atoms with E-state index >= 15 is 0 Å². The van der Waals surface area contributed by atoms with Gasteiger partial charge in [-0.25, -0.2) is 0 Å². The number of carbonyl (C=O) groups is 1. The van der Waals surface area contributed by atoms with Gasteiger partial charge >= 0.3 is 129 Å². The molecular weight excluding hydrogens is 383 g/mol. The van der Waals surface area contributed by atoms with E-state index in [4.69, 9.17) is 4.74 Å². The molecule has 0 radical (unpaired) electrons. The van der Waals surface area contributed by atoms with E-state index in [9.17, 15) is 4.79 Å².